The number of hydrogen-bond acceptors (Lipinski definition) is 5. The summed E-state index contributed by atoms with van der Waals surface area (Å²) in [6, 6.07) is 3.45. The van der Waals surface area contributed by atoms with Gasteiger partial charge in [-0.3, -0.25) is 0 Å². The summed E-state index contributed by atoms with van der Waals surface area (Å²) in [7, 11) is 0. The van der Waals surface area contributed by atoms with Gasteiger partial charge >= 0.3 is 0 Å². The Hall–Kier alpha value is -1.88. The molecule has 0 saturated carbocycles. The lowest BCUT2D eigenvalue weighted by Gasteiger charge is -2.04. The summed E-state index contributed by atoms with van der Waals surface area (Å²) in [5.74, 6) is -0.133. The molecule has 2 heterocycles. The molecule has 0 aromatic carbocycles. The van der Waals surface area contributed by atoms with Gasteiger partial charge in [0.15, 0.2) is 0 Å². The highest BCUT2D eigenvalue weighted by molar-refractivity contribution is 7.13. The first-order valence-electron chi connectivity index (χ1n) is 4.23. The number of nitrogens with zero attached hydrogens (tertiary/aromatic N) is 2. The Kier molecular flexibility index (Phi) is 2.39. The summed E-state index contributed by atoms with van der Waals surface area (Å²) in [5.41, 5.74) is 7.04. The Morgan fingerprint density at radius 3 is 2.87 bits per heavy atom. The second-order valence-corrected chi connectivity index (χ2v) is 3.81. The van der Waals surface area contributed by atoms with Crippen LogP contribution >= 0.6 is 11.3 Å². The van der Waals surface area contributed by atoms with Crippen molar-refractivity contribution in [3.05, 3.63) is 36.0 Å². The van der Waals surface area contributed by atoms with Crippen molar-refractivity contribution in [2.45, 2.75) is 0 Å². The standard InChI is InChI=1S/C10H9N3OS/c1-6(14)9-7(11)2-3-8(13-9)10-12-4-5-15-10/h2-5,14H,1,11H2. The number of aromatic nitrogens is 2. The lowest BCUT2D eigenvalue weighted by atomic mass is 10.2. The number of aliphatic hydroxyl groups is 1. The van der Waals surface area contributed by atoms with Crippen LogP contribution in [0.5, 0.6) is 0 Å². The van der Waals surface area contributed by atoms with Gasteiger partial charge < -0.3 is 10.8 Å². The maximum atomic E-state index is 9.27. The Morgan fingerprint density at radius 1 is 1.47 bits per heavy atom. The molecular formula is C10H9N3OS. The number of hydrogen-bond donors (Lipinski definition) is 2. The van der Waals surface area contributed by atoms with E-state index >= 15 is 0 Å². The smallest absolute Gasteiger partial charge is 0.141 e. The van der Waals surface area contributed by atoms with Gasteiger partial charge in [-0.1, -0.05) is 6.58 Å². The minimum atomic E-state index is -0.133. The third kappa shape index (κ3) is 1.82. The number of anilines is 1. The molecule has 0 bridgehead atoms. The Morgan fingerprint density at radius 2 is 2.27 bits per heavy atom. The van der Waals surface area contributed by atoms with E-state index in [1.165, 1.54) is 11.3 Å². The summed E-state index contributed by atoms with van der Waals surface area (Å²) in [4.78, 5) is 8.31. The van der Waals surface area contributed by atoms with Gasteiger partial charge in [-0.15, -0.1) is 11.3 Å². The molecule has 0 spiro atoms. The molecule has 0 aliphatic carbocycles. The van der Waals surface area contributed by atoms with Gasteiger partial charge in [0.1, 0.15) is 16.5 Å². The number of nitrogen functional groups attached to an aromatic ring is 1. The maximum Gasteiger partial charge on any atom is 0.141 e. The summed E-state index contributed by atoms with van der Waals surface area (Å²) in [6.45, 7) is 3.40. The molecule has 0 atom stereocenters. The van der Waals surface area contributed by atoms with Crippen LogP contribution in [0.4, 0.5) is 5.69 Å². The topological polar surface area (TPSA) is 72.0 Å². The predicted molar refractivity (Wildman–Crippen MR) is 61.4 cm³/mol. The maximum absolute atomic E-state index is 9.27. The average Bonchev–Trinajstić information content (AvgIpc) is 2.71. The lowest BCUT2D eigenvalue weighted by molar-refractivity contribution is 0.511. The monoisotopic (exact) mass is 219 g/mol. The molecule has 0 saturated heterocycles. The first-order valence-corrected chi connectivity index (χ1v) is 5.11. The molecule has 0 aliphatic heterocycles. The number of nitrogens with two attached hydrogens (primary N) is 1. The van der Waals surface area contributed by atoms with Crippen LogP contribution in [0, 0.1) is 0 Å². The molecule has 2 aromatic heterocycles. The molecule has 0 aliphatic rings. The Labute approximate surface area is 90.7 Å². The van der Waals surface area contributed by atoms with Crippen molar-refractivity contribution in [3.8, 4) is 10.7 Å². The molecule has 0 fully saturated rings. The first kappa shape index (κ1) is 9.67. The van der Waals surface area contributed by atoms with Crippen molar-refractivity contribution in [1.29, 1.82) is 0 Å². The number of rotatable bonds is 2. The molecule has 5 heteroatoms. The van der Waals surface area contributed by atoms with Gasteiger partial charge in [0.25, 0.3) is 0 Å². The number of pyridine rings is 1. The van der Waals surface area contributed by atoms with Crippen LogP contribution in [0.15, 0.2) is 30.3 Å². The van der Waals surface area contributed by atoms with Crippen LogP contribution in [-0.4, -0.2) is 15.1 Å². The van der Waals surface area contributed by atoms with Gasteiger partial charge in [-0.2, -0.15) is 0 Å². The normalized spacial score (nSPS) is 10.1. The van der Waals surface area contributed by atoms with Crippen LogP contribution in [0.2, 0.25) is 0 Å². The molecule has 0 radical (unpaired) electrons. The van der Waals surface area contributed by atoms with Crippen LogP contribution in [0.25, 0.3) is 16.5 Å². The summed E-state index contributed by atoms with van der Waals surface area (Å²) >= 11 is 1.48. The van der Waals surface area contributed by atoms with E-state index in [4.69, 9.17) is 5.73 Å². The second kappa shape index (κ2) is 3.70. The number of thiazole rings is 1. The van der Waals surface area contributed by atoms with E-state index in [0.717, 1.165) is 5.01 Å². The van der Waals surface area contributed by atoms with E-state index in [1.807, 2.05) is 5.38 Å². The van der Waals surface area contributed by atoms with Crippen molar-refractivity contribution < 1.29 is 5.11 Å². The zero-order valence-electron chi connectivity index (χ0n) is 7.84. The van der Waals surface area contributed by atoms with Crippen molar-refractivity contribution in [2.24, 2.45) is 0 Å². The highest BCUT2D eigenvalue weighted by Crippen LogP contribution is 2.24. The summed E-state index contributed by atoms with van der Waals surface area (Å²) in [6.07, 6.45) is 1.70. The third-order valence-corrected chi connectivity index (χ3v) is 2.65. The van der Waals surface area contributed by atoms with Crippen LogP contribution < -0.4 is 5.73 Å². The van der Waals surface area contributed by atoms with E-state index in [9.17, 15) is 5.11 Å². The fourth-order valence-electron chi connectivity index (χ4n) is 1.17. The van der Waals surface area contributed by atoms with E-state index < -0.39 is 0 Å². The molecular weight excluding hydrogens is 210 g/mol. The predicted octanol–water partition coefficient (Wildman–Crippen LogP) is 2.32. The zero-order chi connectivity index (χ0) is 10.8. The van der Waals surface area contributed by atoms with Crippen LogP contribution in [-0.2, 0) is 0 Å². The third-order valence-electron chi connectivity index (χ3n) is 1.85. The summed E-state index contributed by atoms with van der Waals surface area (Å²) < 4.78 is 0. The van der Waals surface area contributed by atoms with Crippen molar-refractivity contribution in [2.75, 3.05) is 5.73 Å². The molecule has 0 amide bonds. The highest BCUT2D eigenvalue weighted by atomic mass is 32.1. The molecule has 0 unspecified atom stereocenters. The average molecular weight is 219 g/mol. The van der Waals surface area contributed by atoms with E-state index in [0.29, 0.717) is 17.1 Å². The molecule has 3 N–H and O–H groups in total. The fraction of sp³-hybridized carbons (Fsp3) is 0. The van der Waals surface area contributed by atoms with Gasteiger partial charge in [-0.25, -0.2) is 9.97 Å². The van der Waals surface area contributed by atoms with Gasteiger partial charge in [0.2, 0.25) is 0 Å². The van der Waals surface area contributed by atoms with Crippen molar-refractivity contribution in [1.82, 2.24) is 9.97 Å². The van der Waals surface area contributed by atoms with Crippen LogP contribution in [0.1, 0.15) is 5.69 Å². The first-order chi connectivity index (χ1) is 7.18. The minimum Gasteiger partial charge on any atom is -0.506 e. The van der Waals surface area contributed by atoms with E-state index in [-0.39, 0.29) is 5.76 Å². The highest BCUT2D eigenvalue weighted by Gasteiger charge is 2.08. The quantitative estimate of drug-likeness (QED) is 0.760. The van der Waals surface area contributed by atoms with Gasteiger partial charge in [0, 0.05) is 11.6 Å². The van der Waals surface area contributed by atoms with Crippen molar-refractivity contribution in [3.63, 3.8) is 0 Å². The molecule has 4 nitrogen and oxygen atoms in total. The van der Waals surface area contributed by atoms with Crippen LogP contribution in [0.3, 0.4) is 0 Å². The SMILES string of the molecule is C=C(O)c1nc(-c2nccs2)ccc1N. The lowest BCUT2D eigenvalue weighted by Crippen LogP contribution is -1.97. The molecule has 2 rings (SSSR count). The van der Waals surface area contributed by atoms with Gasteiger partial charge in [0.05, 0.1) is 11.4 Å². The van der Waals surface area contributed by atoms with E-state index in [1.54, 1.807) is 18.3 Å². The number of aliphatic hydroxyl groups excluding tert-OH is 1. The molecule has 15 heavy (non-hydrogen) atoms. The van der Waals surface area contributed by atoms with Gasteiger partial charge in [-0.05, 0) is 12.1 Å². The second-order valence-electron chi connectivity index (χ2n) is 2.92. The zero-order valence-corrected chi connectivity index (χ0v) is 8.66. The van der Waals surface area contributed by atoms with E-state index in [2.05, 4.69) is 16.5 Å². The molecule has 2 aromatic rings. The summed E-state index contributed by atoms with van der Waals surface area (Å²) in [5, 5.41) is 11.9. The minimum absolute atomic E-state index is 0.133. The largest absolute Gasteiger partial charge is 0.506 e. The fourth-order valence-corrected chi connectivity index (χ4v) is 1.78. The Balaban J connectivity index is 2.52. The van der Waals surface area contributed by atoms with Crippen molar-refractivity contribution >= 4 is 22.8 Å². The Bertz CT molecular complexity index is 493. The molecule has 76 valence electrons.